The molecule has 3 aromatic carbocycles. The molecule has 1 aliphatic rings. The van der Waals surface area contributed by atoms with Gasteiger partial charge in [-0.3, -0.25) is 4.79 Å². The first-order valence-electron chi connectivity index (χ1n) is 12.4. The second kappa shape index (κ2) is 13.2. The Morgan fingerprint density at radius 1 is 0.829 bits per heavy atom. The summed E-state index contributed by atoms with van der Waals surface area (Å²) in [5, 5.41) is 0. The normalized spacial score (nSPS) is 24.5. The molecule has 1 fully saturated rings. The van der Waals surface area contributed by atoms with Gasteiger partial charge in [-0.2, -0.15) is 0 Å². The van der Waals surface area contributed by atoms with Crippen LogP contribution < -0.4 is 0 Å². The molecule has 0 amide bonds. The van der Waals surface area contributed by atoms with E-state index in [1.807, 2.05) is 91.0 Å². The lowest BCUT2D eigenvalue weighted by molar-refractivity contribution is -0.271. The van der Waals surface area contributed by atoms with Gasteiger partial charge in [0.1, 0.15) is 12.2 Å². The number of hydrogen-bond acceptors (Lipinski definition) is 6. The van der Waals surface area contributed by atoms with E-state index in [1.54, 1.807) is 0 Å². The smallest absolute Gasteiger partial charge is 0.304 e. The van der Waals surface area contributed by atoms with Crippen molar-refractivity contribution >= 4 is 5.97 Å². The molecule has 1 unspecified atom stereocenters. The number of carbonyl (C=O) groups is 1. The van der Waals surface area contributed by atoms with E-state index in [0.29, 0.717) is 13.2 Å². The van der Waals surface area contributed by atoms with Crippen molar-refractivity contribution in [1.82, 2.24) is 0 Å². The van der Waals surface area contributed by atoms with Crippen LogP contribution in [0, 0.1) is 0 Å². The van der Waals surface area contributed by atoms with E-state index in [2.05, 4.69) is 0 Å². The quantitative estimate of drug-likeness (QED) is 0.360. The van der Waals surface area contributed by atoms with Crippen molar-refractivity contribution in [3.05, 3.63) is 108 Å². The zero-order valence-corrected chi connectivity index (χ0v) is 19.8. The van der Waals surface area contributed by atoms with Crippen LogP contribution in [0.2, 0.25) is 0 Å². The van der Waals surface area contributed by atoms with Gasteiger partial charge in [0.15, 0.2) is 0 Å². The number of carbonyl (C=O) groups excluding carboxylic acids is 1. The SMILES string of the molecule is [2H]C1[C@H](OC(C)=O)O[C@H](COCc2ccccc2)[C@@H](OCc2ccccc2)[C@@H]1OCc1ccccc1. The molecule has 3 aromatic rings. The first-order chi connectivity index (χ1) is 17.6. The van der Waals surface area contributed by atoms with E-state index in [-0.39, 0.29) is 13.2 Å². The molecule has 1 heterocycles. The molecule has 1 saturated heterocycles. The monoisotopic (exact) mass is 477 g/mol. The summed E-state index contributed by atoms with van der Waals surface area (Å²) in [4.78, 5) is 11.8. The molecule has 0 aromatic heterocycles. The standard InChI is InChI=1S/C29H32O6/c1-22(30)34-28-17-26(32-19-24-13-7-3-8-14-24)29(33-20-25-15-9-4-10-16-25)27(35-28)21-31-18-23-11-5-2-6-12-23/h2-16,26-29H,17-21H2,1H3/t26-,27-,28-,29+/m1/s1/i17D/t17?,26-,27-,28-,29+. The molecule has 6 nitrogen and oxygen atoms in total. The van der Waals surface area contributed by atoms with Gasteiger partial charge in [-0.15, -0.1) is 0 Å². The van der Waals surface area contributed by atoms with Crippen molar-refractivity contribution < 1.29 is 29.8 Å². The highest BCUT2D eigenvalue weighted by Gasteiger charge is 2.42. The third-order valence-corrected chi connectivity index (χ3v) is 5.59. The van der Waals surface area contributed by atoms with Crippen LogP contribution in [0.4, 0.5) is 0 Å². The molecular formula is C29H32O6. The fourth-order valence-electron chi connectivity index (χ4n) is 3.89. The van der Waals surface area contributed by atoms with Gasteiger partial charge in [0.2, 0.25) is 6.29 Å². The number of benzene rings is 3. The molecule has 4 rings (SSSR count). The lowest BCUT2D eigenvalue weighted by Gasteiger charge is -2.40. The predicted molar refractivity (Wildman–Crippen MR) is 131 cm³/mol. The Bertz CT molecular complexity index is 1050. The second-order valence-corrected chi connectivity index (χ2v) is 8.37. The van der Waals surface area contributed by atoms with E-state index < -0.39 is 37.0 Å². The van der Waals surface area contributed by atoms with Crippen LogP contribution >= 0.6 is 0 Å². The van der Waals surface area contributed by atoms with Gasteiger partial charge in [0, 0.05) is 14.7 Å². The third-order valence-electron chi connectivity index (χ3n) is 5.59. The highest BCUT2D eigenvalue weighted by Crippen LogP contribution is 2.28. The summed E-state index contributed by atoms with van der Waals surface area (Å²) >= 11 is 0. The minimum Gasteiger partial charge on any atom is -0.436 e. The molecule has 184 valence electrons. The lowest BCUT2D eigenvalue weighted by Crippen LogP contribution is -2.53. The van der Waals surface area contributed by atoms with Crippen molar-refractivity contribution in [3.63, 3.8) is 0 Å². The Hall–Kier alpha value is -3.03. The predicted octanol–water partition coefficient (Wildman–Crippen LogP) is 5.05. The number of esters is 1. The maximum atomic E-state index is 11.8. The maximum Gasteiger partial charge on any atom is 0.304 e. The van der Waals surface area contributed by atoms with Crippen LogP contribution in [-0.2, 0) is 48.3 Å². The number of rotatable bonds is 11. The highest BCUT2D eigenvalue weighted by atomic mass is 16.7. The summed E-state index contributed by atoms with van der Waals surface area (Å²) in [6, 6.07) is 29.4. The van der Waals surface area contributed by atoms with Crippen LogP contribution in [0.1, 0.15) is 31.4 Å². The summed E-state index contributed by atoms with van der Waals surface area (Å²) in [6.07, 6.45) is -4.02. The Labute approximate surface area is 208 Å². The van der Waals surface area contributed by atoms with Gasteiger partial charge >= 0.3 is 5.97 Å². The van der Waals surface area contributed by atoms with E-state index in [1.165, 1.54) is 6.92 Å². The van der Waals surface area contributed by atoms with Crippen molar-refractivity contribution in [3.8, 4) is 0 Å². The summed E-state index contributed by atoms with van der Waals surface area (Å²) < 4.78 is 38.8. The molecule has 1 aliphatic heterocycles. The molecule has 0 aliphatic carbocycles. The average Bonchev–Trinajstić information content (AvgIpc) is 2.90. The fourth-order valence-corrected chi connectivity index (χ4v) is 3.89. The van der Waals surface area contributed by atoms with Crippen LogP contribution in [-0.4, -0.2) is 37.2 Å². The zero-order chi connectivity index (χ0) is 25.2. The molecule has 0 spiro atoms. The zero-order valence-electron chi connectivity index (χ0n) is 20.8. The maximum absolute atomic E-state index is 11.8. The first kappa shape index (κ1) is 23.7. The van der Waals surface area contributed by atoms with Crippen molar-refractivity contribution in [2.24, 2.45) is 0 Å². The lowest BCUT2D eigenvalue weighted by atomic mass is 10.0. The fraction of sp³-hybridized carbons (Fsp3) is 0.345. The Kier molecular flexibility index (Phi) is 8.91. The van der Waals surface area contributed by atoms with Crippen LogP contribution in [0.5, 0.6) is 0 Å². The summed E-state index contributed by atoms with van der Waals surface area (Å²) in [5.41, 5.74) is 2.99. The molecule has 0 N–H and O–H groups in total. The van der Waals surface area contributed by atoms with Gasteiger partial charge in [-0.25, -0.2) is 0 Å². The molecule has 0 saturated carbocycles. The molecule has 0 radical (unpaired) electrons. The largest absolute Gasteiger partial charge is 0.436 e. The van der Waals surface area contributed by atoms with Gasteiger partial charge in [0.05, 0.1) is 32.5 Å². The first-order valence-corrected chi connectivity index (χ1v) is 11.8. The van der Waals surface area contributed by atoms with Crippen molar-refractivity contribution in [2.45, 2.75) is 57.7 Å². The third kappa shape index (κ3) is 8.01. The topological polar surface area (TPSA) is 63.2 Å². The van der Waals surface area contributed by atoms with Gasteiger partial charge < -0.3 is 23.7 Å². The van der Waals surface area contributed by atoms with E-state index in [4.69, 9.17) is 25.1 Å². The second-order valence-electron chi connectivity index (χ2n) is 8.37. The number of ether oxygens (including phenoxy) is 5. The average molecular weight is 478 g/mol. The van der Waals surface area contributed by atoms with Gasteiger partial charge in [-0.05, 0) is 16.7 Å². The van der Waals surface area contributed by atoms with Crippen molar-refractivity contribution in [1.29, 1.82) is 0 Å². The summed E-state index contributed by atoms with van der Waals surface area (Å²) in [7, 11) is 0. The van der Waals surface area contributed by atoms with E-state index >= 15 is 0 Å². The highest BCUT2D eigenvalue weighted by molar-refractivity contribution is 5.66. The Morgan fingerprint density at radius 3 is 1.89 bits per heavy atom. The summed E-state index contributed by atoms with van der Waals surface area (Å²) in [6.45, 7) is 2.49. The molecule has 6 heteroatoms. The minimum atomic E-state index is -1.09. The van der Waals surface area contributed by atoms with Gasteiger partial charge in [0.25, 0.3) is 0 Å². The van der Waals surface area contributed by atoms with Crippen molar-refractivity contribution in [2.75, 3.05) is 6.61 Å². The van der Waals surface area contributed by atoms with Gasteiger partial charge in [-0.1, -0.05) is 91.0 Å². The minimum absolute atomic E-state index is 0.185. The Morgan fingerprint density at radius 2 is 1.34 bits per heavy atom. The van der Waals surface area contributed by atoms with Crippen LogP contribution in [0.25, 0.3) is 0 Å². The number of hydrogen-bond donors (Lipinski definition) is 0. The summed E-state index contributed by atoms with van der Waals surface area (Å²) in [5.74, 6) is -0.522. The van der Waals surface area contributed by atoms with Crippen LogP contribution in [0.15, 0.2) is 91.0 Å². The van der Waals surface area contributed by atoms with E-state index in [9.17, 15) is 4.79 Å². The molecule has 35 heavy (non-hydrogen) atoms. The Balaban J connectivity index is 1.52. The van der Waals surface area contributed by atoms with Crippen LogP contribution in [0.3, 0.4) is 0 Å². The van der Waals surface area contributed by atoms with E-state index in [0.717, 1.165) is 16.7 Å². The molecule has 0 bridgehead atoms. The molecular weight excluding hydrogens is 444 g/mol. The molecule has 5 atom stereocenters.